The van der Waals surface area contributed by atoms with E-state index in [-0.39, 0.29) is 4.90 Å². The van der Waals surface area contributed by atoms with E-state index in [9.17, 15) is 8.42 Å². The Balaban J connectivity index is 2.07. The highest BCUT2D eigenvalue weighted by Crippen LogP contribution is 2.30. The number of nitrogens with zero attached hydrogens (tertiary/aromatic N) is 3. The topological polar surface area (TPSA) is 63.2 Å². The van der Waals surface area contributed by atoms with Gasteiger partial charge in [-0.15, -0.1) is 0 Å². The predicted octanol–water partition coefficient (Wildman–Crippen LogP) is 1.71. The number of hydrogen-bond acceptors (Lipinski definition) is 5. The number of anilines is 1. The molecule has 1 aliphatic heterocycles. The van der Waals surface area contributed by atoms with Crippen LogP contribution in [0.2, 0.25) is 0 Å². The molecule has 1 aromatic carbocycles. The van der Waals surface area contributed by atoms with Crippen molar-refractivity contribution < 1.29 is 8.42 Å². The second-order valence-corrected chi connectivity index (χ2v) is 6.99. The van der Waals surface area contributed by atoms with Gasteiger partial charge in [-0.05, 0) is 18.1 Å². The zero-order chi connectivity index (χ0) is 14.3. The van der Waals surface area contributed by atoms with Crippen molar-refractivity contribution in [3.05, 3.63) is 47.4 Å². The number of aromatic nitrogens is 2. The molecule has 1 aliphatic rings. The van der Waals surface area contributed by atoms with Crippen LogP contribution in [0.25, 0.3) is 0 Å². The van der Waals surface area contributed by atoms with Gasteiger partial charge in [-0.2, -0.15) is 0 Å². The van der Waals surface area contributed by atoms with Crippen molar-refractivity contribution in [2.75, 3.05) is 11.2 Å². The Bertz CT molecular complexity index is 747. The molecule has 2 aromatic rings. The molecule has 2 heterocycles. The number of rotatable bonds is 2. The number of benzene rings is 1. The molecule has 0 spiro atoms. The van der Waals surface area contributed by atoms with Gasteiger partial charge >= 0.3 is 0 Å². The summed E-state index contributed by atoms with van der Waals surface area (Å²) in [5.41, 5.74) is 2.42. The summed E-state index contributed by atoms with van der Waals surface area (Å²) < 4.78 is 23.8. The molecule has 0 saturated heterocycles. The van der Waals surface area contributed by atoms with Crippen LogP contribution < -0.4 is 4.90 Å². The molecule has 20 heavy (non-hydrogen) atoms. The third kappa shape index (κ3) is 2.27. The normalized spacial score (nSPS) is 14.4. The highest BCUT2D eigenvalue weighted by atomic mass is 32.2. The van der Waals surface area contributed by atoms with E-state index in [4.69, 9.17) is 0 Å². The Hall–Kier alpha value is -1.95. The third-order valence-corrected chi connectivity index (χ3v) is 4.48. The van der Waals surface area contributed by atoms with Crippen molar-refractivity contribution >= 4 is 15.7 Å². The van der Waals surface area contributed by atoms with Crippen molar-refractivity contribution in [1.29, 1.82) is 0 Å². The van der Waals surface area contributed by atoms with E-state index in [0.29, 0.717) is 24.7 Å². The summed E-state index contributed by atoms with van der Waals surface area (Å²) in [5.74, 6) is 1.07. The van der Waals surface area contributed by atoms with E-state index >= 15 is 0 Å². The molecule has 6 heteroatoms. The van der Waals surface area contributed by atoms with Gasteiger partial charge in [0.2, 0.25) is 0 Å². The molecule has 0 atom stereocenters. The predicted molar refractivity (Wildman–Crippen MR) is 76.2 cm³/mol. The summed E-state index contributed by atoms with van der Waals surface area (Å²) in [5, 5.41) is 0. The van der Waals surface area contributed by atoms with Crippen molar-refractivity contribution in [2.24, 2.45) is 0 Å². The maximum Gasteiger partial charge on any atom is 0.180 e. The standard InChI is InChI=1S/C14H15N3O2S/c1-10-15-7-13(20(2,18)19)14(16-10)17-8-11-5-3-4-6-12(11)9-17/h3-7H,8-9H2,1-2H3. The summed E-state index contributed by atoms with van der Waals surface area (Å²) in [6, 6.07) is 8.10. The van der Waals surface area contributed by atoms with Gasteiger partial charge in [-0.25, -0.2) is 18.4 Å². The van der Waals surface area contributed by atoms with Crippen LogP contribution in [0.5, 0.6) is 0 Å². The smallest absolute Gasteiger partial charge is 0.180 e. The first-order chi connectivity index (χ1) is 9.45. The van der Waals surface area contributed by atoms with Crippen LogP contribution in [0, 0.1) is 6.92 Å². The number of hydrogen-bond donors (Lipinski definition) is 0. The molecule has 5 nitrogen and oxygen atoms in total. The van der Waals surface area contributed by atoms with Gasteiger partial charge in [0.15, 0.2) is 15.7 Å². The van der Waals surface area contributed by atoms with Crippen LogP contribution in [0.4, 0.5) is 5.82 Å². The van der Waals surface area contributed by atoms with Gasteiger partial charge in [0.1, 0.15) is 10.7 Å². The largest absolute Gasteiger partial charge is 0.347 e. The first kappa shape index (κ1) is 13.1. The van der Waals surface area contributed by atoms with E-state index in [1.54, 1.807) is 6.92 Å². The fourth-order valence-corrected chi connectivity index (χ4v) is 3.17. The van der Waals surface area contributed by atoms with Gasteiger partial charge < -0.3 is 4.90 Å². The van der Waals surface area contributed by atoms with Crippen LogP contribution in [0.15, 0.2) is 35.4 Å². The molecule has 0 fully saturated rings. The zero-order valence-corrected chi connectivity index (χ0v) is 12.2. The molecule has 0 N–H and O–H groups in total. The molecule has 104 valence electrons. The van der Waals surface area contributed by atoms with E-state index < -0.39 is 9.84 Å². The summed E-state index contributed by atoms with van der Waals surface area (Å²) in [4.78, 5) is 10.5. The van der Waals surface area contributed by atoms with Crippen LogP contribution >= 0.6 is 0 Å². The van der Waals surface area contributed by atoms with Gasteiger partial charge in [-0.1, -0.05) is 24.3 Å². The average Bonchev–Trinajstić information content (AvgIpc) is 2.80. The van der Waals surface area contributed by atoms with Crippen molar-refractivity contribution in [3.63, 3.8) is 0 Å². The highest BCUT2D eigenvalue weighted by Gasteiger charge is 2.25. The second-order valence-electron chi connectivity index (χ2n) is 5.00. The lowest BCUT2D eigenvalue weighted by molar-refractivity contribution is 0.600. The maximum atomic E-state index is 11.9. The Morgan fingerprint density at radius 1 is 1.15 bits per heavy atom. The fraction of sp³-hybridized carbons (Fsp3) is 0.286. The lowest BCUT2D eigenvalue weighted by atomic mass is 10.1. The van der Waals surface area contributed by atoms with Crippen molar-refractivity contribution in [2.45, 2.75) is 24.9 Å². The zero-order valence-electron chi connectivity index (χ0n) is 11.4. The summed E-state index contributed by atoms with van der Waals surface area (Å²) in [6.45, 7) is 3.11. The van der Waals surface area contributed by atoms with Gasteiger partial charge in [0, 0.05) is 19.3 Å². The van der Waals surface area contributed by atoms with E-state index in [0.717, 1.165) is 0 Å². The van der Waals surface area contributed by atoms with E-state index in [1.165, 1.54) is 23.6 Å². The Morgan fingerprint density at radius 2 is 1.75 bits per heavy atom. The minimum absolute atomic E-state index is 0.191. The SMILES string of the molecule is Cc1ncc(S(C)(=O)=O)c(N2Cc3ccccc3C2)n1. The molecular formula is C14H15N3O2S. The number of sulfone groups is 1. The van der Waals surface area contributed by atoms with E-state index in [2.05, 4.69) is 22.1 Å². The summed E-state index contributed by atoms with van der Waals surface area (Å²) >= 11 is 0. The van der Waals surface area contributed by atoms with Gasteiger partial charge in [0.05, 0.1) is 6.20 Å². The Labute approximate surface area is 118 Å². The molecule has 1 aromatic heterocycles. The van der Waals surface area contributed by atoms with Crippen molar-refractivity contribution in [3.8, 4) is 0 Å². The first-order valence-electron chi connectivity index (χ1n) is 6.30. The van der Waals surface area contributed by atoms with Crippen LogP contribution in [-0.4, -0.2) is 24.6 Å². The molecule has 3 rings (SSSR count). The Kier molecular flexibility index (Phi) is 2.97. The van der Waals surface area contributed by atoms with Crippen LogP contribution in [0.3, 0.4) is 0 Å². The lowest BCUT2D eigenvalue weighted by Gasteiger charge is -2.19. The summed E-state index contributed by atoms with van der Waals surface area (Å²) in [7, 11) is -3.34. The molecule has 0 radical (unpaired) electrons. The third-order valence-electron chi connectivity index (χ3n) is 3.40. The van der Waals surface area contributed by atoms with Crippen LogP contribution in [-0.2, 0) is 22.9 Å². The second kappa shape index (κ2) is 4.56. The maximum absolute atomic E-state index is 11.9. The Morgan fingerprint density at radius 3 is 2.30 bits per heavy atom. The molecule has 0 amide bonds. The van der Waals surface area contributed by atoms with Crippen LogP contribution in [0.1, 0.15) is 17.0 Å². The minimum Gasteiger partial charge on any atom is -0.347 e. The number of aryl methyl sites for hydroxylation is 1. The van der Waals surface area contributed by atoms with Gasteiger partial charge in [0.25, 0.3) is 0 Å². The quantitative estimate of drug-likeness (QED) is 0.842. The molecular weight excluding hydrogens is 274 g/mol. The highest BCUT2D eigenvalue weighted by molar-refractivity contribution is 7.90. The fourth-order valence-electron chi connectivity index (χ4n) is 2.42. The molecule has 0 unspecified atom stereocenters. The van der Waals surface area contributed by atoms with E-state index in [1.807, 2.05) is 17.0 Å². The average molecular weight is 289 g/mol. The molecule has 0 aliphatic carbocycles. The van der Waals surface area contributed by atoms with Gasteiger partial charge in [-0.3, -0.25) is 0 Å². The minimum atomic E-state index is -3.34. The molecule has 0 saturated carbocycles. The molecule has 0 bridgehead atoms. The lowest BCUT2D eigenvalue weighted by Crippen LogP contribution is -2.20. The summed E-state index contributed by atoms with van der Waals surface area (Å²) in [6.07, 6.45) is 2.59. The number of fused-ring (bicyclic) bond motifs is 1. The monoisotopic (exact) mass is 289 g/mol. The van der Waals surface area contributed by atoms with Crippen molar-refractivity contribution in [1.82, 2.24) is 9.97 Å². The first-order valence-corrected chi connectivity index (χ1v) is 8.20.